The summed E-state index contributed by atoms with van der Waals surface area (Å²) in [5, 5.41) is 3.46. The normalized spacial score (nSPS) is 22.0. The molecule has 0 bridgehead atoms. The average Bonchev–Trinajstić information content (AvgIpc) is 2.79. The molecule has 0 aromatic heterocycles. The molecule has 1 heterocycles. The van der Waals surface area contributed by atoms with Crippen molar-refractivity contribution in [1.82, 2.24) is 10.2 Å². The van der Waals surface area contributed by atoms with Crippen LogP contribution in [0.1, 0.15) is 30.0 Å². The topological polar surface area (TPSA) is 15.3 Å². The van der Waals surface area contributed by atoms with Gasteiger partial charge in [-0.25, -0.2) is 0 Å². The highest BCUT2D eigenvalue weighted by Crippen LogP contribution is 2.30. The van der Waals surface area contributed by atoms with Crippen LogP contribution in [0.4, 0.5) is 0 Å². The Morgan fingerprint density at radius 1 is 1.35 bits per heavy atom. The fraction of sp³-hybridized carbons (Fsp3) is 0.600. The monoisotopic (exact) mass is 232 g/mol. The minimum Gasteiger partial charge on any atom is -0.316 e. The molecule has 1 aliphatic heterocycles. The zero-order valence-corrected chi connectivity index (χ0v) is 11.2. The smallest absolute Gasteiger partial charge is 0.0347 e. The van der Waals surface area contributed by atoms with Gasteiger partial charge in [-0.1, -0.05) is 24.3 Å². The number of hydrogen-bond donors (Lipinski definition) is 1. The third-order valence-corrected chi connectivity index (χ3v) is 3.89. The van der Waals surface area contributed by atoms with E-state index in [0.717, 1.165) is 5.92 Å². The molecule has 0 radical (unpaired) electrons. The lowest BCUT2D eigenvalue weighted by atomic mass is 9.91. The Morgan fingerprint density at radius 2 is 2.12 bits per heavy atom. The van der Waals surface area contributed by atoms with E-state index in [1.807, 2.05) is 0 Å². The van der Waals surface area contributed by atoms with Gasteiger partial charge < -0.3 is 10.2 Å². The quantitative estimate of drug-likeness (QED) is 0.858. The maximum atomic E-state index is 3.46. The Morgan fingerprint density at radius 3 is 2.71 bits per heavy atom. The summed E-state index contributed by atoms with van der Waals surface area (Å²) in [7, 11) is 4.39. The van der Waals surface area contributed by atoms with Gasteiger partial charge in [0, 0.05) is 6.04 Å². The Kier molecular flexibility index (Phi) is 4.19. The van der Waals surface area contributed by atoms with Gasteiger partial charge in [-0.3, -0.25) is 0 Å². The molecule has 1 aliphatic rings. The molecule has 2 rings (SSSR count). The van der Waals surface area contributed by atoms with Crippen LogP contribution in [0.3, 0.4) is 0 Å². The van der Waals surface area contributed by atoms with Gasteiger partial charge in [0.05, 0.1) is 0 Å². The predicted octanol–water partition coefficient (Wildman–Crippen LogP) is 2.60. The van der Waals surface area contributed by atoms with Gasteiger partial charge in [0.1, 0.15) is 0 Å². The number of hydrogen-bond acceptors (Lipinski definition) is 2. The standard InChI is InChI=1S/C15H24N2/c1-12-6-4-5-7-14(12)15(17(2)3)10-13-8-9-16-11-13/h4-7,13,15-16H,8-11H2,1-3H3. The third-order valence-electron chi connectivity index (χ3n) is 3.89. The van der Waals surface area contributed by atoms with Crippen molar-refractivity contribution in [1.29, 1.82) is 0 Å². The van der Waals surface area contributed by atoms with Crippen molar-refractivity contribution >= 4 is 0 Å². The second-order valence-electron chi connectivity index (χ2n) is 5.43. The highest BCUT2D eigenvalue weighted by molar-refractivity contribution is 5.28. The first-order valence-electron chi connectivity index (χ1n) is 6.61. The van der Waals surface area contributed by atoms with E-state index >= 15 is 0 Å². The van der Waals surface area contributed by atoms with E-state index < -0.39 is 0 Å². The Hall–Kier alpha value is -0.860. The van der Waals surface area contributed by atoms with Crippen molar-refractivity contribution < 1.29 is 0 Å². The number of rotatable bonds is 4. The van der Waals surface area contributed by atoms with Gasteiger partial charge in [0.2, 0.25) is 0 Å². The molecule has 0 aliphatic carbocycles. The highest BCUT2D eigenvalue weighted by atomic mass is 15.1. The molecule has 2 atom stereocenters. The van der Waals surface area contributed by atoms with Crippen LogP contribution in [0.25, 0.3) is 0 Å². The Labute approximate surface area is 105 Å². The van der Waals surface area contributed by atoms with Gasteiger partial charge in [-0.05, 0) is 64.0 Å². The molecule has 0 saturated carbocycles. The summed E-state index contributed by atoms with van der Waals surface area (Å²) in [5.41, 5.74) is 2.90. The molecule has 1 N–H and O–H groups in total. The van der Waals surface area contributed by atoms with Crippen molar-refractivity contribution in [3.63, 3.8) is 0 Å². The van der Waals surface area contributed by atoms with E-state index in [0.29, 0.717) is 6.04 Å². The molecule has 1 saturated heterocycles. The molecule has 1 aromatic carbocycles. The van der Waals surface area contributed by atoms with E-state index in [-0.39, 0.29) is 0 Å². The number of nitrogens with one attached hydrogen (secondary N) is 1. The first-order valence-corrected chi connectivity index (χ1v) is 6.61. The van der Waals surface area contributed by atoms with Crippen molar-refractivity contribution in [2.75, 3.05) is 27.2 Å². The van der Waals surface area contributed by atoms with Gasteiger partial charge in [0.15, 0.2) is 0 Å². The highest BCUT2D eigenvalue weighted by Gasteiger charge is 2.23. The van der Waals surface area contributed by atoms with E-state index in [1.54, 1.807) is 0 Å². The fourth-order valence-corrected chi connectivity index (χ4v) is 2.81. The van der Waals surface area contributed by atoms with Gasteiger partial charge in [0.25, 0.3) is 0 Å². The average molecular weight is 232 g/mol. The maximum Gasteiger partial charge on any atom is 0.0347 e. The summed E-state index contributed by atoms with van der Waals surface area (Å²) < 4.78 is 0. The molecule has 1 fully saturated rings. The first-order chi connectivity index (χ1) is 8.18. The van der Waals surface area contributed by atoms with Crippen LogP contribution < -0.4 is 5.32 Å². The maximum absolute atomic E-state index is 3.46. The fourth-order valence-electron chi connectivity index (χ4n) is 2.81. The summed E-state index contributed by atoms with van der Waals surface area (Å²) >= 11 is 0. The first kappa shape index (κ1) is 12.6. The Bertz CT molecular complexity index is 354. The molecule has 94 valence electrons. The zero-order chi connectivity index (χ0) is 12.3. The second kappa shape index (κ2) is 5.65. The van der Waals surface area contributed by atoms with Crippen LogP contribution in [-0.2, 0) is 0 Å². The van der Waals surface area contributed by atoms with E-state index in [9.17, 15) is 0 Å². The van der Waals surface area contributed by atoms with Crippen LogP contribution >= 0.6 is 0 Å². The summed E-state index contributed by atoms with van der Waals surface area (Å²) in [6.45, 7) is 4.60. The lowest BCUT2D eigenvalue weighted by Gasteiger charge is -2.28. The number of benzene rings is 1. The third kappa shape index (κ3) is 3.08. The van der Waals surface area contributed by atoms with Crippen LogP contribution in [-0.4, -0.2) is 32.1 Å². The molecule has 2 heteroatoms. The van der Waals surface area contributed by atoms with E-state index in [1.165, 1.54) is 37.1 Å². The molecule has 2 nitrogen and oxygen atoms in total. The molecular formula is C15H24N2. The summed E-state index contributed by atoms with van der Waals surface area (Å²) in [6, 6.07) is 9.34. The van der Waals surface area contributed by atoms with Crippen LogP contribution in [0.15, 0.2) is 24.3 Å². The number of aryl methyl sites for hydroxylation is 1. The van der Waals surface area contributed by atoms with Crippen LogP contribution in [0, 0.1) is 12.8 Å². The van der Waals surface area contributed by atoms with Crippen molar-refractivity contribution in [2.45, 2.75) is 25.8 Å². The van der Waals surface area contributed by atoms with Crippen molar-refractivity contribution in [3.8, 4) is 0 Å². The van der Waals surface area contributed by atoms with Gasteiger partial charge >= 0.3 is 0 Å². The lowest BCUT2D eigenvalue weighted by molar-refractivity contribution is 0.252. The molecule has 0 amide bonds. The molecule has 0 spiro atoms. The van der Waals surface area contributed by atoms with E-state index in [2.05, 4.69) is 55.5 Å². The summed E-state index contributed by atoms with van der Waals surface area (Å²) in [5.74, 6) is 0.835. The minimum atomic E-state index is 0.557. The molecular weight excluding hydrogens is 208 g/mol. The van der Waals surface area contributed by atoms with Crippen molar-refractivity contribution in [3.05, 3.63) is 35.4 Å². The molecule has 2 unspecified atom stereocenters. The summed E-state index contributed by atoms with van der Waals surface area (Å²) in [4.78, 5) is 2.36. The number of nitrogens with zero attached hydrogens (tertiary/aromatic N) is 1. The predicted molar refractivity (Wildman–Crippen MR) is 73.2 cm³/mol. The van der Waals surface area contributed by atoms with Gasteiger partial charge in [-0.2, -0.15) is 0 Å². The van der Waals surface area contributed by atoms with Crippen LogP contribution in [0.2, 0.25) is 0 Å². The lowest BCUT2D eigenvalue weighted by Crippen LogP contribution is -2.24. The summed E-state index contributed by atoms with van der Waals surface area (Å²) in [6.07, 6.45) is 2.60. The van der Waals surface area contributed by atoms with Gasteiger partial charge in [-0.15, -0.1) is 0 Å². The minimum absolute atomic E-state index is 0.557. The van der Waals surface area contributed by atoms with E-state index in [4.69, 9.17) is 0 Å². The van der Waals surface area contributed by atoms with Crippen molar-refractivity contribution in [2.24, 2.45) is 5.92 Å². The Balaban J connectivity index is 2.14. The molecule has 1 aromatic rings. The molecule has 17 heavy (non-hydrogen) atoms. The SMILES string of the molecule is Cc1ccccc1C(CC1CCNC1)N(C)C. The zero-order valence-electron chi connectivity index (χ0n) is 11.2. The largest absolute Gasteiger partial charge is 0.316 e. The second-order valence-corrected chi connectivity index (χ2v) is 5.43. The van der Waals surface area contributed by atoms with Crippen LogP contribution in [0.5, 0.6) is 0 Å².